The van der Waals surface area contributed by atoms with Gasteiger partial charge in [-0.2, -0.15) is 0 Å². The number of nitrogens with zero attached hydrogens (tertiary/aromatic N) is 2. The largest absolute Gasteiger partial charge is 0.489 e. The maximum atomic E-state index is 12.5. The van der Waals surface area contributed by atoms with Crippen molar-refractivity contribution in [2.24, 2.45) is 0 Å². The summed E-state index contributed by atoms with van der Waals surface area (Å²) in [6.07, 6.45) is 2.75. The first kappa shape index (κ1) is 26.0. The molecule has 3 aliphatic heterocycles. The van der Waals surface area contributed by atoms with Crippen LogP contribution in [0.15, 0.2) is 18.2 Å². The number of ether oxygens (including phenoxy) is 2. The molecule has 188 valence electrons. The molecule has 0 aromatic heterocycles. The fraction of sp³-hybridized carbons (Fsp3) is 0.654. The molecule has 2 saturated heterocycles. The highest BCUT2D eigenvalue weighted by Crippen LogP contribution is 2.43. The number of rotatable bonds is 4. The van der Waals surface area contributed by atoms with Crippen molar-refractivity contribution in [2.75, 3.05) is 37.7 Å². The van der Waals surface area contributed by atoms with Crippen molar-refractivity contribution >= 4 is 23.5 Å². The second-order valence-electron chi connectivity index (χ2n) is 9.84. The number of benzene rings is 1. The third-order valence-electron chi connectivity index (χ3n) is 6.30. The summed E-state index contributed by atoms with van der Waals surface area (Å²) in [6.45, 7) is 12.7. The molecule has 0 saturated carbocycles. The Morgan fingerprint density at radius 2 is 1.82 bits per heavy atom. The average molecular weight is 474 g/mol. The van der Waals surface area contributed by atoms with Gasteiger partial charge in [-0.1, -0.05) is 26.0 Å². The number of amides is 2. The van der Waals surface area contributed by atoms with Gasteiger partial charge < -0.3 is 14.4 Å². The molecule has 1 atom stereocenters. The predicted octanol–water partition coefficient (Wildman–Crippen LogP) is 3.24. The first-order chi connectivity index (χ1) is 16.2. The molecular formula is C26H39N3O5. The van der Waals surface area contributed by atoms with Gasteiger partial charge in [0.15, 0.2) is 0 Å². The molecule has 1 unspecified atom stereocenters. The molecule has 2 amide bonds. The minimum atomic E-state index is -0.468. The Kier molecular flexibility index (Phi) is 8.57. The predicted molar refractivity (Wildman–Crippen MR) is 131 cm³/mol. The van der Waals surface area contributed by atoms with Crippen molar-refractivity contribution in [3.63, 3.8) is 0 Å². The van der Waals surface area contributed by atoms with Crippen LogP contribution in [-0.2, 0) is 19.1 Å². The van der Waals surface area contributed by atoms with E-state index in [0.717, 1.165) is 42.9 Å². The molecule has 0 bridgehead atoms. The van der Waals surface area contributed by atoms with Crippen LogP contribution in [0.1, 0.15) is 71.8 Å². The summed E-state index contributed by atoms with van der Waals surface area (Å²) in [5, 5.41) is 2.47. The summed E-state index contributed by atoms with van der Waals surface area (Å²) in [5.41, 5.74) is 1.63. The molecule has 0 radical (unpaired) electrons. The molecule has 3 aliphatic rings. The summed E-state index contributed by atoms with van der Waals surface area (Å²) >= 11 is 0. The fourth-order valence-corrected chi connectivity index (χ4v) is 4.88. The molecule has 34 heavy (non-hydrogen) atoms. The Morgan fingerprint density at radius 1 is 1.12 bits per heavy atom. The number of fused-ring (bicyclic) bond motifs is 1. The first-order valence-electron chi connectivity index (χ1n) is 12.5. The van der Waals surface area contributed by atoms with Crippen LogP contribution in [0.5, 0.6) is 5.75 Å². The number of carbonyl (C=O) groups excluding carboxylic acids is 3. The van der Waals surface area contributed by atoms with Gasteiger partial charge in [-0.25, -0.2) is 0 Å². The highest BCUT2D eigenvalue weighted by molar-refractivity contribution is 6.02. The molecule has 2 fully saturated rings. The van der Waals surface area contributed by atoms with Crippen LogP contribution >= 0.6 is 0 Å². The van der Waals surface area contributed by atoms with Gasteiger partial charge in [0.05, 0.1) is 18.8 Å². The summed E-state index contributed by atoms with van der Waals surface area (Å²) in [5.74, 6) is 0.577. The molecule has 0 aliphatic carbocycles. The van der Waals surface area contributed by atoms with E-state index in [1.54, 1.807) is 0 Å². The van der Waals surface area contributed by atoms with Gasteiger partial charge in [-0.3, -0.25) is 24.6 Å². The van der Waals surface area contributed by atoms with Gasteiger partial charge in [0, 0.05) is 6.42 Å². The normalized spacial score (nSPS) is 21.6. The second kappa shape index (κ2) is 11.2. The number of hydrogen-bond acceptors (Lipinski definition) is 7. The Hall–Kier alpha value is -2.61. The molecule has 1 N–H and O–H groups in total. The zero-order valence-corrected chi connectivity index (χ0v) is 21.2. The molecule has 1 aromatic carbocycles. The van der Waals surface area contributed by atoms with Crippen LogP contribution in [0.2, 0.25) is 0 Å². The summed E-state index contributed by atoms with van der Waals surface area (Å²) < 4.78 is 11.6. The fourth-order valence-electron chi connectivity index (χ4n) is 4.88. The Balaban J connectivity index is 0.00000158. The standard InChI is InChI=1S/C24H33N3O5.C2H6/c1-24(2,3)32-21(29)15-26-11-9-16(10-12-26)17-5-4-6-18-22(17)31-14-13-27(18)19-7-8-20(28)25-23(19)30;1-2/h4-6,16,19H,7-15H2,1-3H3,(H,25,28,30);1-2H3. The number of nitrogens with one attached hydrogen (secondary N) is 1. The van der Waals surface area contributed by atoms with E-state index in [-0.39, 0.29) is 23.8 Å². The number of imide groups is 1. The van der Waals surface area contributed by atoms with Crippen LogP contribution in [0.25, 0.3) is 0 Å². The van der Waals surface area contributed by atoms with E-state index in [1.165, 1.54) is 0 Å². The molecule has 1 aromatic rings. The minimum absolute atomic E-state index is 0.184. The Morgan fingerprint density at radius 3 is 2.47 bits per heavy atom. The van der Waals surface area contributed by atoms with E-state index >= 15 is 0 Å². The number of esters is 1. The Bertz CT molecular complexity index is 887. The van der Waals surface area contributed by atoms with Crippen LogP contribution < -0.4 is 15.0 Å². The van der Waals surface area contributed by atoms with Crippen molar-refractivity contribution in [1.82, 2.24) is 10.2 Å². The van der Waals surface area contributed by atoms with Crippen LogP contribution in [0.4, 0.5) is 5.69 Å². The van der Waals surface area contributed by atoms with Gasteiger partial charge in [-0.15, -0.1) is 0 Å². The Labute approximate surface area is 202 Å². The number of piperidine rings is 2. The van der Waals surface area contributed by atoms with Gasteiger partial charge in [0.25, 0.3) is 0 Å². The van der Waals surface area contributed by atoms with Crippen LogP contribution in [0.3, 0.4) is 0 Å². The van der Waals surface area contributed by atoms with Gasteiger partial charge in [-0.05, 0) is 70.7 Å². The van der Waals surface area contributed by atoms with E-state index in [9.17, 15) is 14.4 Å². The quantitative estimate of drug-likeness (QED) is 0.531. The van der Waals surface area contributed by atoms with Crippen LogP contribution in [0, 0.1) is 0 Å². The third-order valence-corrected chi connectivity index (χ3v) is 6.30. The molecular weight excluding hydrogens is 434 g/mol. The molecule has 4 rings (SSSR count). The zero-order chi connectivity index (χ0) is 24.9. The average Bonchev–Trinajstić information content (AvgIpc) is 2.79. The minimum Gasteiger partial charge on any atom is -0.489 e. The smallest absolute Gasteiger partial charge is 0.320 e. The molecule has 8 heteroatoms. The number of para-hydroxylation sites is 1. The molecule has 8 nitrogen and oxygen atoms in total. The summed E-state index contributed by atoms with van der Waals surface area (Å²) in [6, 6.07) is 5.79. The third kappa shape index (κ3) is 6.29. The van der Waals surface area contributed by atoms with E-state index in [1.807, 2.05) is 46.8 Å². The zero-order valence-electron chi connectivity index (χ0n) is 21.2. The van der Waals surface area contributed by atoms with E-state index < -0.39 is 5.60 Å². The van der Waals surface area contributed by atoms with E-state index in [2.05, 4.69) is 21.2 Å². The van der Waals surface area contributed by atoms with Crippen molar-refractivity contribution in [1.29, 1.82) is 0 Å². The monoisotopic (exact) mass is 473 g/mol. The van der Waals surface area contributed by atoms with Crippen molar-refractivity contribution in [3.05, 3.63) is 23.8 Å². The second-order valence-corrected chi connectivity index (χ2v) is 9.84. The van der Waals surface area contributed by atoms with Crippen LogP contribution in [-0.4, -0.2) is 67.1 Å². The van der Waals surface area contributed by atoms with Gasteiger partial charge in [0.1, 0.15) is 24.0 Å². The SMILES string of the molecule is CC.CC(C)(C)OC(=O)CN1CCC(c2cccc3c2OCCN3C2CCC(=O)NC2=O)CC1. The number of anilines is 1. The lowest BCUT2D eigenvalue weighted by molar-refractivity contribution is -0.156. The van der Waals surface area contributed by atoms with E-state index in [0.29, 0.717) is 38.5 Å². The number of hydrogen-bond donors (Lipinski definition) is 1. The summed E-state index contributed by atoms with van der Waals surface area (Å²) in [7, 11) is 0. The first-order valence-corrected chi connectivity index (χ1v) is 12.5. The molecule has 3 heterocycles. The van der Waals surface area contributed by atoms with Gasteiger partial charge >= 0.3 is 5.97 Å². The van der Waals surface area contributed by atoms with Crippen molar-refractivity contribution in [3.8, 4) is 5.75 Å². The lowest BCUT2D eigenvalue weighted by Crippen LogP contribution is -2.54. The number of likely N-dealkylation sites (tertiary alicyclic amines) is 1. The lowest BCUT2D eigenvalue weighted by atomic mass is 9.87. The maximum absolute atomic E-state index is 12.5. The maximum Gasteiger partial charge on any atom is 0.320 e. The summed E-state index contributed by atoms with van der Waals surface area (Å²) in [4.78, 5) is 40.4. The van der Waals surface area contributed by atoms with Crippen molar-refractivity contribution < 1.29 is 23.9 Å². The lowest BCUT2D eigenvalue weighted by Gasteiger charge is -2.40. The van der Waals surface area contributed by atoms with Gasteiger partial charge in [0.2, 0.25) is 11.8 Å². The molecule has 0 spiro atoms. The highest BCUT2D eigenvalue weighted by atomic mass is 16.6. The number of carbonyl (C=O) groups is 3. The topological polar surface area (TPSA) is 88.2 Å². The van der Waals surface area contributed by atoms with E-state index in [4.69, 9.17) is 9.47 Å². The highest BCUT2D eigenvalue weighted by Gasteiger charge is 2.36. The van der Waals surface area contributed by atoms with Crippen molar-refractivity contribution in [2.45, 2.75) is 77.9 Å².